The standard InChI is InChI=1S/C20H24N2O3/c1-14-9-19(22-11-15(2)25-16(3)12-22)21-10-18(14)20(23)24-13-17-7-5-4-6-8-17/h4-10,15-16H,11-13H2,1-3H3. The highest BCUT2D eigenvalue weighted by Gasteiger charge is 2.24. The lowest BCUT2D eigenvalue weighted by Gasteiger charge is -2.36. The zero-order valence-electron chi connectivity index (χ0n) is 14.9. The van der Waals surface area contributed by atoms with Crippen LogP contribution >= 0.6 is 0 Å². The van der Waals surface area contributed by atoms with Crippen LogP contribution in [0.15, 0.2) is 42.6 Å². The number of aryl methyl sites for hydroxylation is 1. The molecule has 2 unspecified atom stereocenters. The number of ether oxygens (including phenoxy) is 2. The van der Waals surface area contributed by atoms with Crippen LogP contribution in [0.4, 0.5) is 5.82 Å². The molecular formula is C20H24N2O3. The summed E-state index contributed by atoms with van der Waals surface area (Å²) in [6.07, 6.45) is 1.95. The number of pyridine rings is 1. The minimum Gasteiger partial charge on any atom is -0.457 e. The quantitative estimate of drug-likeness (QED) is 0.799. The molecule has 1 aliphatic heterocycles. The highest BCUT2D eigenvalue weighted by atomic mass is 16.5. The van der Waals surface area contributed by atoms with Crippen LogP contribution in [0, 0.1) is 6.92 Å². The molecule has 5 heteroatoms. The van der Waals surface area contributed by atoms with E-state index in [1.54, 1.807) is 6.20 Å². The van der Waals surface area contributed by atoms with Crippen molar-refractivity contribution in [2.45, 2.75) is 39.6 Å². The van der Waals surface area contributed by atoms with Crippen molar-refractivity contribution in [1.82, 2.24) is 4.98 Å². The van der Waals surface area contributed by atoms with Crippen molar-refractivity contribution in [3.05, 3.63) is 59.3 Å². The monoisotopic (exact) mass is 340 g/mol. The number of benzene rings is 1. The van der Waals surface area contributed by atoms with Gasteiger partial charge in [0, 0.05) is 19.3 Å². The van der Waals surface area contributed by atoms with Crippen molar-refractivity contribution in [3.63, 3.8) is 0 Å². The highest BCUT2D eigenvalue weighted by Crippen LogP contribution is 2.21. The summed E-state index contributed by atoms with van der Waals surface area (Å²) in [5, 5.41) is 0. The summed E-state index contributed by atoms with van der Waals surface area (Å²) in [6, 6.07) is 11.6. The predicted molar refractivity (Wildman–Crippen MR) is 96.8 cm³/mol. The van der Waals surface area contributed by atoms with Crippen LogP contribution in [-0.2, 0) is 16.1 Å². The van der Waals surface area contributed by atoms with Crippen molar-refractivity contribution in [2.75, 3.05) is 18.0 Å². The molecular weight excluding hydrogens is 316 g/mol. The Hall–Kier alpha value is -2.40. The van der Waals surface area contributed by atoms with Gasteiger partial charge in [0.2, 0.25) is 0 Å². The molecule has 1 saturated heterocycles. The second-order valence-corrected chi connectivity index (χ2v) is 6.58. The van der Waals surface area contributed by atoms with E-state index in [1.165, 1.54) is 0 Å². The number of aromatic nitrogens is 1. The Labute approximate surface area is 148 Å². The van der Waals surface area contributed by atoms with Gasteiger partial charge in [-0.15, -0.1) is 0 Å². The molecule has 1 fully saturated rings. The van der Waals surface area contributed by atoms with Gasteiger partial charge in [0.15, 0.2) is 0 Å². The molecule has 0 N–H and O–H groups in total. The third-order valence-corrected chi connectivity index (χ3v) is 4.27. The Morgan fingerprint density at radius 3 is 2.56 bits per heavy atom. The van der Waals surface area contributed by atoms with Crippen molar-refractivity contribution < 1.29 is 14.3 Å². The number of hydrogen-bond donors (Lipinski definition) is 0. The molecule has 3 rings (SSSR count). The third-order valence-electron chi connectivity index (χ3n) is 4.27. The molecule has 1 aromatic carbocycles. The average Bonchev–Trinajstić information content (AvgIpc) is 2.59. The fourth-order valence-corrected chi connectivity index (χ4v) is 3.09. The first-order valence-corrected chi connectivity index (χ1v) is 8.61. The topological polar surface area (TPSA) is 51.7 Å². The lowest BCUT2D eigenvalue weighted by molar-refractivity contribution is -0.00547. The lowest BCUT2D eigenvalue weighted by atomic mass is 10.1. The summed E-state index contributed by atoms with van der Waals surface area (Å²) in [4.78, 5) is 19.0. The normalized spacial score (nSPS) is 20.4. The number of rotatable bonds is 4. The van der Waals surface area contributed by atoms with E-state index in [0.717, 1.165) is 30.0 Å². The summed E-state index contributed by atoms with van der Waals surface area (Å²) >= 11 is 0. The van der Waals surface area contributed by atoms with Crippen LogP contribution in [-0.4, -0.2) is 36.3 Å². The highest BCUT2D eigenvalue weighted by molar-refractivity contribution is 5.91. The van der Waals surface area contributed by atoms with Crippen LogP contribution in [0.2, 0.25) is 0 Å². The molecule has 132 valence electrons. The first-order chi connectivity index (χ1) is 12.0. The molecule has 1 aromatic heterocycles. The molecule has 1 aliphatic rings. The third kappa shape index (κ3) is 4.37. The van der Waals surface area contributed by atoms with E-state index < -0.39 is 0 Å². The molecule has 0 aliphatic carbocycles. The molecule has 2 aromatic rings. The summed E-state index contributed by atoms with van der Waals surface area (Å²) in [7, 11) is 0. The predicted octanol–water partition coefficient (Wildman–Crippen LogP) is 3.36. The molecule has 2 heterocycles. The van der Waals surface area contributed by atoms with E-state index in [1.807, 2.05) is 43.3 Å². The number of nitrogens with zero attached hydrogens (tertiary/aromatic N) is 2. The maximum atomic E-state index is 12.3. The van der Waals surface area contributed by atoms with Gasteiger partial charge in [-0.05, 0) is 38.0 Å². The van der Waals surface area contributed by atoms with E-state index in [-0.39, 0.29) is 24.8 Å². The molecule has 2 atom stereocenters. The number of morpholine rings is 1. The fourth-order valence-electron chi connectivity index (χ4n) is 3.09. The van der Waals surface area contributed by atoms with Crippen molar-refractivity contribution in [2.24, 2.45) is 0 Å². The van der Waals surface area contributed by atoms with Gasteiger partial charge in [-0.25, -0.2) is 9.78 Å². The van der Waals surface area contributed by atoms with E-state index in [4.69, 9.17) is 9.47 Å². The summed E-state index contributed by atoms with van der Waals surface area (Å²) in [6.45, 7) is 7.90. The number of carbonyl (C=O) groups is 1. The number of anilines is 1. The smallest absolute Gasteiger partial charge is 0.340 e. The maximum absolute atomic E-state index is 12.3. The van der Waals surface area contributed by atoms with Gasteiger partial charge in [0.25, 0.3) is 0 Å². The Morgan fingerprint density at radius 1 is 1.24 bits per heavy atom. The molecule has 0 bridgehead atoms. The Balaban J connectivity index is 1.68. The Bertz CT molecular complexity index is 723. The number of esters is 1. The van der Waals surface area contributed by atoms with Gasteiger partial charge in [0.1, 0.15) is 12.4 Å². The lowest BCUT2D eigenvalue weighted by Crippen LogP contribution is -2.45. The molecule has 0 saturated carbocycles. The van der Waals surface area contributed by atoms with Crippen molar-refractivity contribution in [3.8, 4) is 0 Å². The minimum atomic E-state index is -0.343. The molecule has 0 spiro atoms. The van der Waals surface area contributed by atoms with E-state index in [9.17, 15) is 4.79 Å². The number of hydrogen-bond acceptors (Lipinski definition) is 5. The molecule has 0 radical (unpaired) electrons. The average molecular weight is 340 g/mol. The van der Waals surface area contributed by atoms with Crippen LogP contribution in [0.5, 0.6) is 0 Å². The Morgan fingerprint density at radius 2 is 1.92 bits per heavy atom. The largest absolute Gasteiger partial charge is 0.457 e. The molecule has 0 amide bonds. The maximum Gasteiger partial charge on any atom is 0.340 e. The van der Waals surface area contributed by atoms with Gasteiger partial charge < -0.3 is 14.4 Å². The van der Waals surface area contributed by atoms with E-state index in [2.05, 4.69) is 23.7 Å². The summed E-state index contributed by atoms with van der Waals surface area (Å²) in [5.41, 5.74) is 2.35. The van der Waals surface area contributed by atoms with Gasteiger partial charge in [-0.2, -0.15) is 0 Å². The van der Waals surface area contributed by atoms with Crippen LogP contribution < -0.4 is 4.90 Å². The first-order valence-electron chi connectivity index (χ1n) is 8.61. The number of carbonyl (C=O) groups excluding carboxylic acids is 1. The van der Waals surface area contributed by atoms with Crippen LogP contribution in [0.3, 0.4) is 0 Å². The fraction of sp³-hybridized carbons (Fsp3) is 0.400. The van der Waals surface area contributed by atoms with Gasteiger partial charge in [-0.3, -0.25) is 0 Å². The van der Waals surface area contributed by atoms with Gasteiger partial charge >= 0.3 is 5.97 Å². The SMILES string of the molecule is Cc1cc(N2CC(C)OC(C)C2)ncc1C(=O)OCc1ccccc1. The second-order valence-electron chi connectivity index (χ2n) is 6.58. The first kappa shape index (κ1) is 17.4. The minimum absolute atomic E-state index is 0.168. The second kappa shape index (κ2) is 7.66. The summed E-state index contributed by atoms with van der Waals surface area (Å²) < 4.78 is 11.2. The van der Waals surface area contributed by atoms with Crippen molar-refractivity contribution in [1.29, 1.82) is 0 Å². The van der Waals surface area contributed by atoms with Crippen LogP contribution in [0.25, 0.3) is 0 Å². The Kier molecular flexibility index (Phi) is 5.34. The van der Waals surface area contributed by atoms with Crippen molar-refractivity contribution >= 4 is 11.8 Å². The van der Waals surface area contributed by atoms with Gasteiger partial charge in [-0.1, -0.05) is 30.3 Å². The molecule has 25 heavy (non-hydrogen) atoms. The van der Waals surface area contributed by atoms with Crippen LogP contribution in [0.1, 0.15) is 35.3 Å². The summed E-state index contributed by atoms with van der Waals surface area (Å²) in [5.74, 6) is 0.531. The van der Waals surface area contributed by atoms with E-state index >= 15 is 0 Å². The zero-order valence-corrected chi connectivity index (χ0v) is 14.9. The van der Waals surface area contributed by atoms with E-state index in [0.29, 0.717) is 5.56 Å². The molecule has 5 nitrogen and oxygen atoms in total. The zero-order chi connectivity index (χ0) is 17.8. The van der Waals surface area contributed by atoms with Gasteiger partial charge in [0.05, 0.1) is 17.8 Å².